The van der Waals surface area contributed by atoms with E-state index in [-0.39, 0.29) is 22.9 Å². The van der Waals surface area contributed by atoms with E-state index in [0.29, 0.717) is 0 Å². The van der Waals surface area contributed by atoms with Crippen LogP contribution in [0.25, 0.3) is 0 Å². The Balaban J connectivity index is 2.93. The SMILES string of the molecule is CC(C)(CO)NC(=O)c1cc(O)ccc1Cl. The topological polar surface area (TPSA) is 69.6 Å². The second-order valence-electron chi connectivity index (χ2n) is 4.16. The van der Waals surface area contributed by atoms with Crippen molar-refractivity contribution in [2.75, 3.05) is 6.61 Å². The highest BCUT2D eigenvalue weighted by Crippen LogP contribution is 2.21. The van der Waals surface area contributed by atoms with Gasteiger partial charge in [0, 0.05) is 0 Å². The van der Waals surface area contributed by atoms with Gasteiger partial charge in [0.05, 0.1) is 22.7 Å². The maximum Gasteiger partial charge on any atom is 0.253 e. The molecule has 4 nitrogen and oxygen atoms in total. The van der Waals surface area contributed by atoms with Crippen molar-refractivity contribution >= 4 is 17.5 Å². The van der Waals surface area contributed by atoms with Gasteiger partial charge in [0.25, 0.3) is 5.91 Å². The van der Waals surface area contributed by atoms with Crippen LogP contribution in [0.5, 0.6) is 5.75 Å². The average molecular weight is 244 g/mol. The van der Waals surface area contributed by atoms with Crippen molar-refractivity contribution in [3.05, 3.63) is 28.8 Å². The molecule has 0 radical (unpaired) electrons. The Morgan fingerprint density at radius 3 is 2.69 bits per heavy atom. The van der Waals surface area contributed by atoms with Crippen molar-refractivity contribution in [3.63, 3.8) is 0 Å². The summed E-state index contributed by atoms with van der Waals surface area (Å²) in [6.07, 6.45) is 0. The molecule has 0 saturated carbocycles. The molecule has 1 rings (SSSR count). The smallest absolute Gasteiger partial charge is 0.253 e. The molecule has 0 bridgehead atoms. The Morgan fingerprint density at radius 1 is 1.50 bits per heavy atom. The lowest BCUT2D eigenvalue weighted by atomic mass is 10.1. The number of benzene rings is 1. The summed E-state index contributed by atoms with van der Waals surface area (Å²) in [5.41, 5.74) is -0.547. The number of nitrogens with one attached hydrogen (secondary N) is 1. The fourth-order valence-corrected chi connectivity index (χ4v) is 1.30. The number of aromatic hydroxyl groups is 1. The van der Waals surface area contributed by atoms with Gasteiger partial charge < -0.3 is 15.5 Å². The van der Waals surface area contributed by atoms with E-state index in [1.807, 2.05) is 0 Å². The van der Waals surface area contributed by atoms with Crippen LogP contribution in [-0.2, 0) is 0 Å². The second kappa shape index (κ2) is 4.72. The van der Waals surface area contributed by atoms with Crippen LogP contribution in [0.1, 0.15) is 24.2 Å². The standard InChI is InChI=1S/C11H14ClNO3/c1-11(2,6-14)13-10(16)8-5-7(15)3-4-9(8)12/h3-5,14-15H,6H2,1-2H3,(H,13,16). The molecule has 1 aromatic rings. The van der Waals surface area contributed by atoms with E-state index in [2.05, 4.69) is 5.32 Å². The number of hydrogen-bond acceptors (Lipinski definition) is 3. The van der Waals surface area contributed by atoms with Gasteiger partial charge in [-0.25, -0.2) is 0 Å². The van der Waals surface area contributed by atoms with Gasteiger partial charge >= 0.3 is 0 Å². The molecule has 1 aromatic carbocycles. The zero-order valence-electron chi connectivity index (χ0n) is 9.12. The van der Waals surface area contributed by atoms with Crippen LogP contribution < -0.4 is 5.32 Å². The predicted octanol–water partition coefficient (Wildman–Crippen LogP) is 1.55. The molecule has 0 saturated heterocycles. The largest absolute Gasteiger partial charge is 0.508 e. The lowest BCUT2D eigenvalue weighted by molar-refractivity contribution is 0.0869. The molecular formula is C11H14ClNO3. The highest BCUT2D eigenvalue weighted by atomic mass is 35.5. The number of hydrogen-bond donors (Lipinski definition) is 3. The van der Waals surface area contributed by atoms with Gasteiger partial charge in [-0.1, -0.05) is 11.6 Å². The molecule has 0 atom stereocenters. The van der Waals surface area contributed by atoms with E-state index in [0.717, 1.165) is 0 Å². The molecule has 0 aromatic heterocycles. The van der Waals surface area contributed by atoms with E-state index in [1.54, 1.807) is 13.8 Å². The fraction of sp³-hybridized carbons (Fsp3) is 0.364. The van der Waals surface area contributed by atoms with Crippen LogP contribution in [0.4, 0.5) is 0 Å². The molecule has 1 amide bonds. The van der Waals surface area contributed by atoms with Crippen molar-refractivity contribution in [1.29, 1.82) is 0 Å². The first-order chi connectivity index (χ1) is 7.35. The van der Waals surface area contributed by atoms with Crippen LogP contribution in [0.15, 0.2) is 18.2 Å². The number of amides is 1. The number of aliphatic hydroxyl groups excluding tert-OH is 1. The second-order valence-corrected chi connectivity index (χ2v) is 4.57. The predicted molar refractivity (Wildman–Crippen MR) is 61.7 cm³/mol. The maximum atomic E-state index is 11.8. The quantitative estimate of drug-likeness (QED) is 0.754. The van der Waals surface area contributed by atoms with Crippen LogP contribution >= 0.6 is 11.6 Å². The van der Waals surface area contributed by atoms with E-state index in [1.165, 1.54) is 18.2 Å². The van der Waals surface area contributed by atoms with Crippen molar-refractivity contribution in [1.82, 2.24) is 5.32 Å². The number of phenolic OH excluding ortho intramolecular Hbond substituents is 1. The normalized spacial score (nSPS) is 11.2. The summed E-state index contributed by atoms with van der Waals surface area (Å²) in [4.78, 5) is 11.8. The zero-order chi connectivity index (χ0) is 12.3. The van der Waals surface area contributed by atoms with Crippen LogP contribution in [0.3, 0.4) is 0 Å². The number of carbonyl (C=O) groups is 1. The van der Waals surface area contributed by atoms with Crippen LogP contribution in [0.2, 0.25) is 5.02 Å². The molecule has 0 fully saturated rings. The molecule has 0 unspecified atom stereocenters. The van der Waals surface area contributed by atoms with E-state index >= 15 is 0 Å². The molecule has 16 heavy (non-hydrogen) atoms. The van der Waals surface area contributed by atoms with E-state index < -0.39 is 11.4 Å². The summed E-state index contributed by atoms with van der Waals surface area (Å²) in [5.74, 6) is -0.462. The fourth-order valence-electron chi connectivity index (χ4n) is 1.10. The third-order valence-corrected chi connectivity index (χ3v) is 2.37. The Hall–Kier alpha value is -1.26. The molecule has 0 spiro atoms. The van der Waals surface area contributed by atoms with Gasteiger partial charge in [0.1, 0.15) is 5.75 Å². The summed E-state index contributed by atoms with van der Waals surface area (Å²) >= 11 is 5.83. The Kier molecular flexibility index (Phi) is 3.78. The lowest BCUT2D eigenvalue weighted by Crippen LogP contribution is -2.46. The van der Waals surface area contributed by atoms with Gasteiger partial charge in [-0.15, -0.1) is 0 Å². The minimum Gasteiger partial charge on any atom is -0.508 e. The number of aliphatic hydroxyl groups is 1. The maximum absolute atomic E-state index is 11.8. The van der Waals surface area contributed by atoms with E-state index in [4.69, 9.17) is 16.7 Å². The molecular weight excluding hydrogens is 230 g/mol. The summed E-state index contributed by atoms with van der Waals surface area (Å²) in [6.45, 7) is 3.18. The summed E-state index contributed by atoms with van der Waals surface area (Å²) in [5, 5.41) is 21.1. The molecule has 5 heteroatoms. The zero-order valence-corrected chi connectivity index (χ0v) is 9.88. The lowest BCUT2D eigenvalue weighted by Gasteiger charge is -2.23. The first-order valence-electron chi connectivity index (χ1n) is 4.77. The van der Waals surface area contributed by atoms with Crippen molar-refractivity contribution in [2.24, 2.45) is 0 Å². The summed E-state index contributed by atoms with van der Waals surface area (Å²) in [6, 6.07) is 4.12. The first-order valence-corrected chi connectivity index (χ1v) is 5.15. The minimum atomic E-state index is -0.730. The van der Waals surface area contributed by atoms with Gasteiger partial charge in [-0.2, -0.15) is 0 Å². The third-order valence-electron chi connectivity index (χ3n) is 2.04. The Labute approximate surface area is 98.9 Å². The van der Waals surface area contributed by atoms with E-state index in [9.17, 15) is 9.90 Å². The summed E-state index contributed by atoms with van der Waals surface area (Å²) < 4.78 is 0. The van der Waals surface area contributed by atoms with Gasteiger partial charge in [-0.3, -0.25) is 4.79 Å². The van der Waals surface area contributed by atoms with Crippen LogP contribution in [-0.4, -0.2) is 28.3 Å². The molecule has 0 aliphatic heterocycles. The summed E-state index contributed by atoms with van der Waals surface area (Å²) in [7, 11) is 0. The van der Waals surface area contributed by atoms with Gasteiger partial charge in [-0.05, 0) is 32.0 Å². The molecule has 88 valence electrons. The first kappa shape index (κ1) is 12.8. The Bertz CT molecular complexity index is 404. The number of phenols is 1. The number of rotatable bonds is 3. The highest BCUT2D eigenvalue weighted by Gasteiger charge is 2.21. The van der Waals surface area contributed by atoms with Crippen molar-refractivity contribution in [2.45, 2.75) is 19.4 Å². The van der Waals surface area contributed by atoms with Gasteiger partial charge in [0.15, 0.2) is 0 Å². The molecule has 0 aliphatic rings. The van der Waals surface area contributed by atoms with Gasteiger partial charge in [0.2, 0.25) is 0 Å². The highest BCUT2D eigenvalue weighted by molar-refractivity contribution is 6.33. The van der Waals surface area contributed by atoms with Crippen LogP contribution in [0, 0.1) is 0 Å². The van der Waals surface area contributed by atoms with Crippen molar-refractivity contribution < 1.29 is 15.0 Å². The molecule has 0 aliphatic carbocycles. The number of halogens is 1. The third kappa shape index (κ3) is 3.12. The number of carbonyl (C=O) groups excluding carboxylic acids is 1. The average Bonchev–Trinajstić information content (AvgIpc) is 2.21. The van der Waals surface area contributed by atoms with Crippen molar-refractivity contribution in [3.8, 4) is 5.75 Å². The monoisotopic (exact) mass is 243 g/mol. The molecule has 3 N–H and O–H groups in total. The molecule has 0 heterocycles. The minimum absolute atomic E-state index is 0.0312. The Morgan fingerprint density at radius 2 is 2.12 bits per heavy atom.